The van der Waals surface area contributed by atoms with E-state index in [0.717, 1.165) is 0 Å². The van der Waals surface area contributed by atoms with Crippen LogP contribution < -0.4 is 10.1 Å². The second-order valence-corrected chi connectivity index (χ2v) is 4.80. The fourth-order valence-corrected chi connectivity index (χ4v) is 1.30. The van der Waals surface area contributed by atoms with Crippen LogP contribution >= 0.6 is 11.6 Å². The summed E-state index contributed by atoms with van der Waals surface area (Å²) in [4.78, 5) is 11.8. The van der Waals surface area contributed by atoms with Gasteiger partial charge in [0.15, 0.2) is 5.60 Å². The lowest BCUT2D eigenvalue weighted by Gasteiger charge is -2.25. The van der Waals surface area contributed by atoms with Crippen molar-refractivity contribution in [2.24, 2.45) is 0 Å². The molecule has 0 aromatic heterocycles. The summed E-state index contributed by atoms with van der Waals surface area (Å²) < 4.78 is 18.2. The van der Waals surface area contributed by atoms with Gasteiger partial charge in [0, 0.05) is 5.03 Å². The molecule has 0 spiro atoms. The Morgan fingerprint density at radius 3 is 2.50 bits per heavy atom. The number of amides is 1. The normalized spacial score (nSPS) is 10.9. The zero-order chi connectivity index (χ0) is 13.8. The van der Waals surface area contributed by atoms with Gasteiger partial charge in [0.25, 0.3) is 5.91 Å². The lowest BCUT2D eigenvalue weighted by atomic mass is 10.1. The number of carbonyl (C=O) groups is 1. The van der Waals surface area contributed by atoms with E-state index < -0.39 is 5.60 Å². The largest absolute Gasteiger partial charge is 0.478 e. The summed E-state index contributed by atoms with van der Waals surface area (Å²) in [6.45, 7) is 6.88. The fraction of sp³-hybridized carbons (Fsp3) is 0.308. The van der Waals surface area contributed by atoms with Crippen molar-refractivity contribution in [3.63, 3.8) is 0 Å². The summed E-state index contributed by atoms with van der Waals surface area (Å²) >= 11 is 5.56. The zero-order valence-electron chi connectivity index (χ0n) is 10.3. The van der Waals surface area contributed by atoms with Gasteiger partial charge in [-0.05, 0) is 38.1 Å². The summed E-state index contributed by atoms with van der Waals surface area (Å²) in [5.41, 5.74) is -1.08. The Labute approximate surface area is 111 Å². The number of benzene rings is 1. The van der Waals surface area contributed by atoms with E-state index in [9.17, 15) is 9.18 Å². The summed E-state index contributed by atoms with van der Waals surface area (Å²) in [5, 5.41) is 2.92. The van der Waals surface area contributed by atoms with Crippen LogP contribution in [0.1, 0.15) is 13.8 Å². The van der Waals surface area contributed by atoms with E-state index in [1.54, 1.807) is 13.8 Å². The van der Waals surface area contributed by atoms with Crippen LogP contribution in [0.3, 0.4) is 0 Å². The highest BCUT2D eigenvalue weighted by Gasteiger charge is 2.29. The van der Waals surface area contributed by atoms with Crippen LogP contribution in [0.15, 0.2) is 35.9 Å². The van der Waals surface area contributed by atoms with Gasteiger partial charge in [0.1, 0.15) is 11.6 Å². The van der Waals surface area contributed by atoms with Gasteiger partial charge in [-0.15, -0.1) is 0 Å². The highest BCUT2D eigenvalue weighted by Crippen LogP contribution is 2.18. The van der Waals surface area contributed by atoms with Crippen molar-refractivity contribution < 1.29 is 13.9 Å². The van der Waals surface area contributed by atoms with Crippen LogP contribution in [-0.4, -0.2) is 18.1 Å². The third-order valence-corrected chi connectivity index (χ3v) is 2.31. The van der Waals surface area contributed by atoms with E-state index in [1.165, 1.54) is 24.3 Å². The zero-order valence-corrected chi connectivity index (χ0v) is 11.1. The van der Waals surface area contributed by atoms with Gasteiger partial charge >= 0.3 is 0 Å². The molecule has 0 atom stereocenters. The Morgan fingerprint density at radius 2 is 2.00 bits per heavy atom. The van der Waals surface area contributed by atoms with E-state index in [4.69, 9.17) is 16.3 Å². The minimum atomic E-state index is -1.08. The molecule has 18 heavy (non-hydrogen) atoms. The SMILES string of the molecule is C=C(Cl)CNC(=O)C(C)(C)Oc1ccc(F)cc1. The van der Waals surface area contributed by atoms with Gasteiger partial charge in [0.2, 0.25) is 0 Å². The Morgan fingerprint density at radius 1 is 1.44 bits per heavy atom. The van der Waals surface area contributed by atoms with Gasteiger partial charge in [-0.25, -0.2) is 4.39 Å². The molecular weight excluding hydrogens is 257 g/mol. The van der Waals surface area contributed by atoms with Crippen molar-refractivity contribution in [3.05, 3.63) is 41.7 Å². The van der Waals surface area contributed by atoms with Crippen molar-refractivity contribution in [3.8, 4) is 5.75 Å². The first-order chi connectivity index (χ1) is 8.31. The molecule has 0 aliphatic heterocycles. The molecule has 3 nitrogen and oxygen atoms in total. The number of ether oxygens (including phenoxy) is 1. The maximum absolute atomic E-state index is 12.7. The third kappa shape index (κ3) is 4.37. The van der Waals surface area contributed by atoms with Crippen LogP contribution in [0.25, 0.3) is 0 Å². The molecule has 1 N–H and O–H groups in total. The molecule has 0 heterocycles. The number of hydrogen-bond donors (Lipinski definition) is 1. The average molecular weight is 272 g/mol. The van der Waals surface area contributed by atoms with Gasteiger partial charge < -0.3 is 10.1 Å². The molecule has 1 rings (SSSR count). The van der Waals surface area contributed by atoms with E-state index in [2.05, 4.69) is 11.9 Å². The minimum absolute atomic E-state index is 0.177. The van der Waals surface area contributed by atoms with Gasteiger partial charge in [0.05, 0.1) is 6.54 Å². The molecule has 0 saturated carbocycles. The molecule has 0 aliphatic rings. The third-order valence-electron chi connectivity index (χ3n) is 2.17. The van der Waals surface area contributed by atoms with E-state index in [0.29, 0.717) is 10.8 Å². The first kappa shape index (κ1) is 14.5. The Bertz CT molecular complexity index is 443. The molecule has 98 valence electrons. The molecule has 1 aromatic carbocycles. The Kier molecular flexibility index (Phi) is 4.73. The molecule has 0 bridgehead atoms. The molecule has 1 amide bonds. The predicted molar refractivity (Wildman–Crippen MR) is 69.1 cm³/mol. The van der Waals surface area contributed by atoms with Crippen LogP contribution in [0.4, 0.5) is 4.39 Å². The molecule has 0 radical (unpaired) electrons. The number of rotatable bonds is 5. The first-order valence-electron chi connectivity index (χ1n) is 5.37. The van der Waals surface area contributed by atoms with E-state index in [1.807, 2.05) is 0 Å². The van der Waals surface area contributed by atoms with E-state index >= 15 is 0 Å². The average Bonchev–Trinajstić information content (AvgIpc) is 2.28. The van der Waals surface area contributed by atoms with Gasteiger partial charge in [-0.2, -0.15) is 0 Å². The van der Waals surface area contributed by atoms with Crippen LogP contribution in [0.2, 0.25) is 0 Å². The van der Waals surface area contributed by atoms with Gasteiger partial charge in [-0.3, -0.25) is 4.79 Å². The summed E-state index contributed by atoms with van der Waals surface area (Å²) in [6, 6.07) is 5.46. The highest BCUT2D eigenvalue weighted by atomic mass is 35.5. The molecule has 0 aliphatic carbocycles. The highest BCUT2D eigenvalue weighted by molar-refractivity contribution is 6.29. The van der Waals surface area contributed by atoms with Crippen LogP contribution in [0.5, 0.6) is 5.75 Å². The Balaban J connectivity index is 2.65. The van der Waals surface area contributed by atoms with Crippen LogP contribution in [0, 0.1) is 5.82 Å². The van der Waals surface area contributed by atoms with Crippen molar-refractivity contribution in [1.29, 1.82) is 0 Å². The lowest BCUT2D eigenvalue weighted by molar-refractivity contribution is -0.133. The first-order valence-corrected chi connectivity index (χ1v) is 5.75. The summed E-state index contributed by atoms with van der Waals surface area (Å²) in [7, 11) is 0. The number of hydrogen-bond acceptors (Lipinski definition) is 2. The van der Waals surface area contributed by atoms with Crippen molar-refractivity contribution >= 4 is 17.5 Å². The quantitative estimate of drug-likeness (QED) is 0.894. The predicted octanol–water partition coefficient (Wildman–Crippen LogP) is 2.85. The topological polar surface area (TPSA) is 38.3 Å². The number of halogens is 2. The molecule has 1 aromatic rings. The molecular formula is C13H15ClFNO2. The fourth-order valence-electron chi connectivity index (χ4n) is 1.23. The monoisotopic (exact) mass is 271 g/mol. The van der Waals surface area contributed by atoms with Crippen LogP contribution in [-0.2, 0) is 4.79 Å². The summed E-state index contributed by atoms with van der Waals surface area (Å²) in [6.07, 6.45) is 0. The van der Waals surface area contributed by atoms with Crippen molar-refractivity contribution in [2.45, 2.75) is 19.4 Å². The summed E-state index contributed by atoms with van der Waals surface area (Å²) in [5.74, 6) is -0.266. The minimum Gasteiger partial charge on any atom is -0.478 e. The molecule has 0 saturated heterocycles. The maximum atomic E-state index is 12.7. The molecule has 0 unspecified atom stereocenters. The molecule has 0 fully saturated rings. The van der Waals surface area contributed by atoms with E-state index in [-0.39, 0.29) is 18.3 Å². The van der Waals surface area contributed by atoms with Gasteiger partial charge in [-0.1, -0.05) is 18.2 Å². The standard InChI is InChI=1S/C13H15ClFNO2/c1-9(14)8-16-12(17)13(2,3)18-11-6-4-10(15)5-7-11/h4-7H,1,8H2,2-3H3,(H,16,17). The second-order valence-electron chi connectivity index (χ2n) is 4.27. The van der Waals surface area contributed by atoms with Crippen molar-refractivity contribution in [1.82, 2.24) is 5.32 Å². The second kappa shape index (κ2) is 5.87. The Hall–Kier alpha value is -1.55. The molecule has 5 heteroatoms. The number of carbonyl (C=O) groups excluding carboxylic acids is 1. The lowest BCUT2D eigenvalue weighted by Crippen LogP contribution is -2.46. The van der Waals surface area contributed by atoms with Crippen molar-refractivity contribution in [2.75, 3.05) is 6.54 Å². The smallest absolute Gasteiger partial charge is 0.263 e. The maximum Gasteiger partial charge on any atom is 0.263 e. The number of nitrogens with one attached hydrogen (secondary N) is 1.